The maximum atomic E-state index is 11.8. The Labute approximate surface area is 227 Å². The average Bonchev–Trinajstić information content (AvgIpc) is 2.82. The number of quaternary nitrogens is 1. The van der Waals surface area contributed by atoms with Crippen molar-refractivity contribution in [1.82, 2.24) is 10.6 Å². The molecule has 3 N–H and O–H groups in total. The molecular weight excluding hydrogens is 493 g/mol. The van der Waals surface area contributed by atoms with Gasteiger partial charge in [0.1, 0.15) is 13.2 Å². The molecule has 2 unspecified atom stereocenters. The largest absolute Gasteiger partial charge is 0.756 e. The lowest BCUT2D eigenvalue weighted by Gasteiger charge is -2.27. The summed E-state index contributed by atoms with van der Waals surface area (Å²) in [5.74, 6) is 0. The zero-order chi connectivity index (χ0) is 27.8. The molecule has 0 aromatic carbocycles. The van der Waals surface area contributed by atoms with Gasteiger partial charge in [0.05, 0.1) is 33.9 Å². The number of hydrogen-bond donors (Lipinski definition) is 3. The number of carbonyl (C=O) groups is 1. The van der Waals surface area contributed by atoms with Crippen LogP contribution in [-0.2, 0) is 13.6 Å². The lowest BCUT2D eigenvalue weighted by atomic mass is 10.0. The molecule has 0 aliphatic rings. The molecule has 37 heavy (non-hydrogen) atoms. The second kappa shape index (κ2) is 23.2. The highest BCUT2D eigenvalue weighted by Gasteiger charge is 2.16. The van der Waals surface area contributed by atoms with Crippen LogP contribution in [0.3, 0.4) is 0 Å². The van der Waals surface area contributed by atoms with Crippen LogP contribution in [0.5, 0.6) is 0 Å². The Bertz CT molecular complexity index is 589. The lowest BCUT2D eigenvalue weighted by molar-refractivity contribution is -0.870. The molecule has 0 aliphatic heterocycles. The molecule has 0 aliphatic carbocycles. The minimum absolute atomic E-state index is 0.000383. The summed E-state index contributed by atoms with van der Waals surface area (Å²) in [6, 6.07) is -0.385. The van der Waals surface area contributed by atoms with Gasteiger partial charge < -0.3 is 34.2 Å². The predicted octanol–water partition coefficient (Wildman–Crippen LogP) is 5.12. The molecule has 2 amide bonds. The lowest BCUT2D eigenvalue weighted by Crippen LogP contribution is -2.41. The summed E-state index contributed by atoms with van der Waals surface area (Å²) in [6.07, 6.45) is 19.8. The third-order valence-electron chi connectivity index (χ3n) is 6.25. The highest BCUT2D eigenvalue weighted by Crippen LogP contribution is 2.38. The van der Waals surface area contributed by atoms with Crippen LogP contribution in [0.2, 0.25) is 0 Å². The van der Waals surface area contributed by atoms with Crippen LogP contribution in [0.25, 0.3) is 0 Å². The summed E-state index contributed by atoms with van der Waals surface area (Å²) in [5.41, 5.74) is 0. The summed E-state index contributed by atoms with van der Waals surface area (Å²) >= 11 is 0. The smallest absolute Gasteiger partial charge is 0.314 e. The van der Waals surface area contributed by atoms with Gasteiger partial charge in [0.15, 0.2) is 0 Å². The minimum atomic E-state index is -4.48. The van der Waals surface area contributed by atoms with Crippen LogP contribution in [0.4, 0.5) is 4.79 Å². The van der Waals surface area contributed by atoms with Crippen molar-refractivity contribution in [2.45, 2.75) is 116 Å². The summed E-state index contributed by atoms with van der Waals surface area (Å²) in [4.78, 5) is 23.5. The van der Waals surface area contributed by atoms with Gasteiger partial charge >= 0.3 is 6.03 Å². The third kappa shape index (κ3) is 28.1. The first kappa shape index (κ1) is 36.3. The van der Waals surface area contributed by atoms with Gasteiger partial charge in [-0.25, -0.2) is 4.79 Å². The fourth-order valence-electron chi connectivity index (χ4n) is 3.85. The SMILES string of the molecule is CCCCCCCCCCCCCCCCCCNC(=O)NCC(O)COP(=O)([O-])OCC[N+](C)(C)C. The number of aliphatic hydroxyl groups is 1. The van der Waals surface area contributed by atoms with Gasteiger partial charge in [-0.15, -0.1) is 0 Å². The van der Waals surface area contributed by atoms with Gasteiger partial charge in [0, 0.05) is 13.1 Å². The van der Waals surface area contributed by atoms with Crippen molar-refractivity contribution >= 4 is 13.9 Å². The first-order chi connectivity index (χ1) is 17.6. The Kier molecular flexibility index (Phi) is 22.8. The van der Waals surface area contributed by atoms with E-state index in [2.05, 4.69) is 22.1 Å². The molecule has 0 bridgehead atoms. The van der Waals surface area contributed by atoms with Crippen LogP contribution in [0.1, 0.15) is 110 Å². The second-order valence-corrected chi connectivity index (χ2v) is 12.6. The highest BCUT2D eigenvalue weighted by atomic mass is 31.2. The van der Waals surface area contributed by atoms with Gasteiger partial charge in [-0.1, -0.05) is 103 Å². The first-order valence-electron chi connectivity index (χ1n) is 14.7. The number of nitrogens with one attached hydrogen (secondary N) is 2. The van der Waals surface area contributed by atoms with E-state index in [1.165, 1.54) is 89.9 Å². The van der Waals surface area contributed by atoms with Gasteiger partial charge in [-0.05, 0) is 6.42 Å². The van der Waals surface area contributed by atoms with Crippen molar-refractivity contribution in [3.05, 3.63) is 0 Å². The van der Waals surface area contributed by atoms with E-state index in [1.54, 1.807) is 0 Å². The molecular formula is C27H58N3O6P. The maximum absolute atomic E-state index is 11.8. The van der Waals surface area contributed by atoms with Gasteiger partial charge in [0.2, 0.25) is 0 Å². The molecule has 0 saturated heterocycles. The fraction of sp³-hybridized carbons (Fsp3) is 0.963. The number of carbonyl (C=O) groups excluding carboxylic acids is 1. The van der Waals surface area contributed by atoms with Crippen LogP contribution in [-0.4, -0.2) is 75.7 Å². The van der Waals surface area contributed by atoms with E-state index in [1.807, 2.05) is 21.1 Å². The number of hydrogen-bond acceptors (Lipinski definition) is 6. The fourth-order valence-corrected chi connectivity index (χ4v) is 4.58. The molecule has 0 aromatic rings. The zero-order valence-corrected chi connectivity index (χ0v) is 25.2. The average molecular weight is 552 g/mol. The van der Waals surface area contributed by atoms with E-state index < -0.39 is 20.5 Å². The molecule has 0 spiro atoms. The van der Waals surface area contributed by atoms with Crippen LogP contribution < -0.4 is 15.5 Å². The molecule has 10 heteroatoms. The molecule has 9 nitrogen and oxygen atoms in total. The molecule has 0 heterocycles. The quantitative estimate of drug-likeness (QED) is 0.0780. The topological polar surface area (TPSA) is 120 Å². The molecule has 0 saturated carbocycles. The van der Waals surface area contributed by atoms with Crippen molar-refractivity contribution < 1.29 is 32.9 Å². The standard InChI is InChI=1S/C27H58N3O6P/c1-5-6-7-8-9-10-11-12-13-14-15-16-17-18-19-20-21-28-27(32)29-24-26(31)25-36-37(33,34)35-23-22-30(2,3)4/h26,31H,5-25H2,1-4H3,(H2-,28,29,32,33,34). The molecule has 2 atom stereocenters. The molecule has 0 radical (unpaired) electrons. The Balaban J connectivity index is 3.48. The second-order valence-electron chi connectivity index (χ2n) is 11.2. The van der Waals surface area contributed by atoms with E-state index in [0.29, 0.717) is 17.6 Å². The number of phosphoric ester groups is 1. The van der Waals surface area contributed by atoms with Crippen molar-refractivity contribution in [3.63, 3.8) is 0 Å². The number of phosphoric acid groups is 1. The highest BCUT2D eigenvalue weighted by molar-refractivity contribution is 7.45. The van der Waals surface area contributed by atoms with E-state index in [9.17, 15) is 19.4 Å². The van der Waals surface area contributed by atoms with Crippen molar-refractivity contribution in [1.29, 1.82) is 0 Å². The van der Waals surface area contributed by atoms with Gasteiger partial charge in [-0.3, -0.25) is 4.57 Å². The van der Waals surface area contributed by atoms with Gasteiger partial charge in [-0.2, -0.15) is 0 Å². The molecule has 0 aromatic heterocycles. The van der Waals surface area contributed by atoms with Crippen molar-refractivity contribution in [3.8, 4) is 0 Å². The molecule has 0 rings (SSSR count). The minimum Gasteiger partial charge on any atom is -0.756 e. The summed E-state index contributed by atoms with van der Waals surface area (Å²) in [7, 11) is 1.28. The van der Waals surface area contributed by atoms with Crippen LogP contribution >= 0.6 is 7.82 Å². The summed E-state index contributed by atoms with van der Waals surface area (Å²) < 4.78 is 21.7. The Morgan fingerprint density at radius 3 is 1.73 bits per heavy atom. The van der Waals surface area contributed by atoms with E-state index in [-0.39, 0.29) is 19.2 Å². The number of likely N-dealkylation sites (N-methyl/N-ethyl adjacent to an activating group) is 1. The van der Waals surface area contributed by atoms with Crippen LogP contribution in [0, 0.1) is 0 Å². The van der Waals surface area contributed by atoms with Gasteiger partial charge in [0.25, 0.3) is 7.82 Å². The number of amides is 2. The number of unbranched alkanes of at least 4 members (excludes halogenated alkanes) is 15. The van der Waals surface area contributed by atoms with E-state index in [0.717, 1.165) is 12.8 Å². The summed E-state index contributed by atoms with van der Waals surface area (Å²) in [5, 5.41) is 15.1. The Hall–Kier alpha value is -0.700. The summed E-state index contributed by atoms with van der Waals surface area (Å²) in [6.45, 7) is 2.76. The van der Waals surface area contributed by atoms with E-state index in [4.69, 9.17) is 4.52 Å². The number of aliphatic hydroxyl groups excluding tert-OH is 1. The van der Waals surface area contributed by atoms with E-state index >= 15 is 0 Å². The third-order valence-corrected chi connectivity index (χ3v) is 7.21. The monoisotopic (exact) mass is 551 g/mol. The van der Waals surface area contributed by atoms with Crippen LogP contribution in [0.15, 0.2) is 0 Å². The predicted molar refractivity (Wildman–Crippen MR) is 149 cm³/mol. The molecule has 0 fully saturated rings. The normalized spacial score (nSPS) is 14.3. The molecule has 222 valence electrons. The Morgan fingerprint density at radius 1 is 0.811 bits per heavy atom. The van der Waals surface area contributed by atoms with Crippen molar-refractivity contribution in [2.75, 3.05) is 54.0 Å². The van der Waals surface area contributed by atoms with Crippen molar-refractivity contribution in [2.24, 2.45) is 0 Å². The number of nitrogens with zero attached hydrogens (tertiary/aromatic N) is 1. The number of rotatable bonds is 26. The first-order valence-corrected chi connectivity index (χ1v) is 16.1. The number of urea groups is 1. The maximum Gasteiger partial charge on any atom is 0.314 e. The zero-order valence-electron chi connectivity index (χ0n) is 24.3. The Morgan fingerprint density at radius 2 is 1.27 bits per heavy atom.